The quantitative estimate of drug-likeness (QED) is 0.898. The summed E-state index contributed by atoms with van der Waals surface area (Å²) in [6.07, 6.45) is 2.95. The van der Waals surface area contributed by atoms with E-state index in [2.05, 4.69) is 20.6 Å². The van der Waals surface area contributed by atoms with Crippen molar-refractivity contribution < 1.29 is 9.21 Å². The molecule has 0 saturated carbocycles. The Kier molecular flexibility index (Phi) is 3.37. The van der Waals surface area contributed by atoms with Crippen LogP contribution in [0.4, 0.5) is 0 Å². The number of hydrogen-bond donors (Lipinski definition) is 1. The molecule has 7 heteroatoms. The van der Waals surface area contributed by atoms with Gasteiger partial charge < -0.3 is 4.42 Å². The largest absolute Gasteiger partial charge is 0.444 e. The third-order valence-electron chi connectivity index (χ3n) is 2.53. The van der Waals surface area contributed by atoms with Crippen molar-refractivity contribution in [2.24, 2.45) is 0 Å². The molecule has 0 unspecified atom stereocenters. The van der Waals surface area contributed by atoms with Gasteiger partial charge in [0.05, 0.1) is 12.1 Å². The minimum Gasteiger partial charge on any atom is -0.444 e. The van der Waals surface area contributed by atoms with Gasteiger partial charge in [-0.2, -0.15) is 0 Å². The first kappa shape index (κ1) is 13.3. The van der Waals surface area contributed by atoms with Crippen molar-refractivity contribution in [3.63, 3.8) is 0 Å². The van der Waals surface area contributed by atoms with Gasteiger partial charge in [0.2, 0.25) is 5.91 Å². The summed E-state index contributed by atoms with van der Waals surface area (Å²) in [6, 6.07) is 0. The predicted molar refractivity (Wildman–Crippen MR) is 68.0 cm³/mol. The van der Waals surface area contributed by atoms with Gasteiger partial charge in [-0.15, -0.1) is 10.2 Å². The first-order valence-electron chi connectivity index (χ1n) is 5.97. The number of carbonyl (C=O) groups is 1. The lowest BCUT2D eigenvalue weighted by Gasteiger charge is -2.12. The Labute approximate surface area is 111 Å². The lowest BCUT2D eigenvalue weighted by atomic mass is 9.97. The second-order valence-corrected chi connectivity index (χ2v) is 5.36. The molecule has 0 aliphatic carbocycles. The molecule has 0 aliphatic heterocycles. The average Bonchev–Trinajstić information content (AvgIpc) is 2.88. The van der Waals surface area contributed by atoms with Crippen molar-refractivity contribution in [3.05, 3.63) is 30.0 Å². The number of amides is 1. The highest BCUT2D eigenvalue weighted by Gasteiger charge is 2.23. The molecule has 0 spiro atoms. The molecule has 102 valence electrons. The third-order valence-corrected chi connectivity index (χ3v) is 2.53. The van der Waals surface area contributed by atoms with E-state index in [0.29, 0.717) is 11.7 Å². The molecule has 0 aliphatic rings. The summed E-state index contributed by atoms with van der Waals surface area (Å²) in [6.45, 7) is 7.87. The molecule has 0 bridgehead atoms. The van der Waals surface area contributed by atoms with E-state index in [-0.39, 0.29) is 17.7 Å². The molecular formula is C12H17N5O2. The van der Waals surface area contributed by atoms with Crippen LogP contribution in [-0.2, 0) is 16.6 Å². The molecule has 2 heterocycles. The number of rotatable bonds is 3. The summed E-state index contributed by atoms with van der Waals surface area (Å²) in [5, 5.41) is 7.20. The molecule has 1 amide bonds. The van der Waals surface area contributed by atoms with Crippen molar-refractivity contribution in [2.75, 3.05) is 5.43 Å². The lowest BCUT2D eigenvalue weighted by Crippen LogP contribution is -2.23. The van der Waals surface area contributed by atoms with Gasteiger partial charge >= 0.3 is 0 Å². The molecule has 2 aromatic heterocycles. The number of carbonyl (C=O) groups excluding carboxylic acids is 1. The van der Waals surface area contributed by atoms with Crippen LogP contribution in [0.15, 0.2) is 17.1 Å². The number of hydrogen-bond acceptors (Lipinski definition) is 5. The van der Waals surface area contributed by atoms with Crippen LogP contribution >= 0.6 is 0 Å². The van der Waals surface area contributed by atoms with E-state index in [0.717, 1.165) is 5.69 Å². The Morgan fingerprint density at radius 3 is 2.53 bits per heavy atom. The van der Waals surface area contributed by atoms with Crippen LogP contribution in [0, 0.1) is 6.92 Å². The second-order valence-electron chi connectivity index (χ2n) is 5.36. The fourth-order valence-corrected chi connectivity index (χ4v) is 1.50. The Morgan fingerprint density at radius 1 is 1.37 bits per heavy atom. The average molecular weight is 263 g/mol. The van der Waals surface area contributed by atoms with E-state index in [9.17, 15) is 4.79 Å². The van der Waals surface area contributed by atoms with Gasteiger partial charge in [-0.1, -0.05) is 20.8 Å². The smallest absolute Gasteiger partial charge is 0.246 e. The Bertz CT molecular complexity index is 565. The number of oxazole rings is 1. The van der Waals surface area contributed by atoms with Crippen molar-refractivity contribution in [1.29, 1.82) is 0 Å². The van der Waals surface area contributed by atoms with E-state index in [4.69, 9.17) is 4.42 Å². The van der Waals surface area contributed by atoms with Crippen molar-refractivity contribution >= 4 is 5.91 Å². The molecule has 0 aromatic carbocycles. The molecular weight excluding hydrogens is 246 g/mol. The van der Waals surface area contributed by atoms with Gasteiger partial charge in [0.15, 0.2) is 5.89 Å². The topological polar surface area (TPSA) is 85.8 Å². The van der Waals surface area contributed by atoms with Crippen LogP contribution in [0.2, 0.25) is 0 Å². The highest BCUT2D eigenvalue weighted by molar-refractivity contribution is 5.85. The third kappa shape index (κ3) is 3.18. The van der Waals surface area contributed by atoms with E-state index in [1.165, 1.54) is 17.3 Å². The fraction of sp³-hybridized carbons (Fsp3) is 0.500. The molecule has 0 fully saturated rings. The van der Waals surface area contributed by atoms with Crippen molar-refractivity contribution in [3.8, 4) is 0 Å². The van der Waals surface area contributed by atoms with E-state index in [1.54, 1.807) is 0 Å². The summed E-state index contributed by atoms with van der Waals surface area (Å²) < 4.78 is 7.04. The molecule has 7 nitrogen and oxygen atoms in total. The SMILES string of the molecule is Cc1nc(C(C)(C)C)oc1CC(=O)Nn1cnnc1. The van der Waals surface area contributed by atoms with Crippen LogP contribution in [-0.4, -0.2) is 25.8 Å². The number of nitrogens with zero attached hydrogens (tertiary/aromatic N) is 4. The lowest BCUT2D eigenvalue weighted by molar-refractivity contribution is -0.116. The van der Waals surface area contributed by atoms with Crippen LogP contribution in [0.5, 0.6) is 0 Å². The Balaban J connectivity index is 2.07. The monoisotopic (exact) mass is 263 g/mol. The Hall–Kier alpha value is -2.18. The summed E-state index contributed by atoms with van der Waals surface area (Å²) in [7, 11) is 0. The molecule has 0 radical (unpaired) electrons. The van der Waals surface area contributed by atoms with E-state index in [1.807, 2.05) is 27.7 Å². The molecule has 0 saturated heterocycles. The van der Waals surface area contributed by atoms with Crippen molar-refractivity contribution in [1.82, 2.24) is 19.9 Å². The first-order chi connectivity index (χ1) is 8.86. The van der Waals surface area contributed by atoms with Crippen molar-refractivity contribution in [2.45, 2.75) is 39.5 Å². The maximum absolute atomic E-state index is 11.8. The molecule has 2 rings (SSSR count). The first-order valence-corrected chi connectivity index (χ1v) is 5.97. The predicted octanol–water partition coefficient (Wildman–Crippen LogP) is 1.18. The Morgan fingerprint density at radius 2 is 2.00 bits per heavy atom. The van der Waals surface area contributed by atoms with E-state index >= 15 is 0 Å². The summed E-state index contributed by atoms with van der Waals surface area (Å²) in [5.74, 6) is 1.01. The normalized spacial score (nSPS) is 11.6. The van der Waals surface area contributed by atoms with Crippen LogP contribution in [0.3, 0.4) is 0 Å². The van der Waals surface area contributed by atoms with Crippen LogP contribution in [0.25, 0.3) is 0 Å². The van der Waals surface area contributed by atoms with Gasteiger partial charge in [0, 0.05) is 5.41 Å². The summed E-state index contributed by atoms with van der Waals surface area (Å²) in [4.78, 5) is 16.2. The fourth-order valence-electron chi connectivity index (χ4n) is 1.50. The highest BCUT2D eigenvalue weighted by Crippen LogP contribution is 2.23. The highest BCUT2D eigenvalue weighted by atomic mass is 16.4. The molecule has 0 atom stereocenters. The summed E-state index contributed by atoms with van der Waals surface area (Å²) in [5.41, 5.74) is 3.18. The van der Waals surface area contributed by atoms with Crippen LogP contribution < -0.4 is 5.43 Å². The van der Waals surface area contributed by atoms with Crippen LogP contribution in [0.1, 0.15) is 38.1 Å². The second kappa shape index (κ2) is 4.83. The zero-order valence-electron chi connectivity index (χ0n) is 11.5. The molecule has 19 heavy (non-hydrogen) atoms. The zero-order valence-corrected chi connectivity index (χ0v) is 11.5. The van der Waals surface area contributed by atoms with Gasteiger partial charge in [-0.3, -0.25) is 10.2 Å². The molecule has 1 N–H and O–H groups in total. The number of aromatic nitrogens is 4. The van der Waals surface area contributed by atoms with Gasteiger partial charge in [-0.25, -0.2) is 9.66 Å². The summed E-state index contributed by atoms with van der Waals surface area (Å²) >= 11 is 0. The maximum atomic E-state index is 11.8. The van der Waals surface area contributed by atoms with Gasteiger partial charge in [0.25, 0.3) is 0 Å². The van der Waals surface area contributed by atoms with Gasteiger partial charge in [-0.05, 0) is 6.92 Å². The number of aryl methyl sites for hydroxylation is 1. The minimum atomic E-state index is -0.209. The molecule has 2 aromatic rings. The van der Waals surface area contributed by atoms with Gasteiger partial charge in [0.1, 0.15) is 18.4 Å². The van der Waals surface area contributed by atoms with E-state index < -0.39 is 0 Å². The maximum Gasteiger partial charge on any atom is 0.246 e. The standard InChI is InChI=1S/C12H17N5O2/c1-8-9(19-11(15-8)12(2,3)4)5-10(18)16-17-6-13-14-7-17/h6-7H,5H2,1-4H3,(H,16,18). The minimum absolute atomic E-state index is 0.132. The number of nitrogens with one attached hydrogen (secondary N) is 1. The zero-order chi connectivity index (χ0) is 14.0.